The zero-order chi connectivity index (χ0) is 27.0. The second kappa shape index (κ2) is 13.2. The van der Waals surface area contributed by atoms with E-state index in [1.807, 2.05) is 13.8 Å². The minimum absolute atomic E-state index is 0.0862. The van der Waals surface area contributed by atoms with Crippen LogP contribution in [-0.4, -0.2) is 56.6 Å². The van der Waals surface area contributed by atoms with Crippen molar-refractivity contribution in [1.29, 1.82) is 0 Å². The molecule has 0 saturated carbocycles. The van der Waals surface area contributed by atoms with Crippen LogP contribution in [0.2, 0.25) is 10.0 Å². The molecule has 2 amide bonds. The Morgan fingerprint density at radius 1 is 1.03 bits per heavy atom. The van der Waals surface area contributed by atoms with Gasteiger partial charge < -0.3 is 15.0 Å². The van der Waals surface area contributed by atoms with E-state index in [0.29, 0.717) is 34.4 Å². The number of anilines is 1. The summed E-state index contributed by atoms with van der Waals surface area (Å²) >= 11 is 12.7. The Kier molecular flexibility index (Phi) is 10.9. The summed E-state index contributed by atoms with van der Waals surface area (Å²) in [6.07, 6.45) is 1.72. The molecule has 0 aliphatic rings. The predicted molar refractivity (Wildman–Crippen MR) is 144 cm³/mol. The average Bonchev–Trinajstić information content (AvgIpc) is 2.81. The summed E-state index contributed by atoms with van der Waals surface area (Å²) in [4.78, 5) is 28.0. The number of carbonyl (C=O) groups excluding carboxylic acids is 2. The lowest BCUT2D eigenvalue weighted by Gasteiger charge is -2.32. The number of amides is 2. The highest BCUT2D eigenvalue weighted by molar-refractivity contribution is 7.92. The number of hydrogen-bond acceptors (Lipinski definition) is 5. The highest BCUT2D eigenvalue weighted by atomic mass is 35.5. The smallest absolute Gasteiger partial charge is 0.244 e. The number of rotatable bonds is 12. The number of para-hydroxylation sites is 2. The van der Waals surface area contributed by atoms with Crippen molar-refractivity contribution in [2.24, 2.45) is 0 Å². The van der Waals surface area contributed by atoms with Crippen molar-refractivity contribution < 1.29 is 22.7 Å². The van der Waals surface area contributed by atoms with Crippen LogP contribution in [-0.2, 0) is 26.2 Å². The van der Waals surface area contributed by atoms with Gasteiger partial charge in [-0.15, -0.1) is 0 Å². The molecule has 0 heterocycles. The van der Waals surface area contributed by atoms with E-state index in [4.69, 9.17) is 27.9 Å². The molecule has 0 saturated heterocycles. The molecule has 36 heavy (non-hydrogen) atoms. The standard InChI is InChI=1S/C25H33Cl2N3O5S/c1-6-17(3)28-25(32)18(4)29(15-19-20(26)11-10-12-21(19)27)24(31)16-30(36(5,33)34)22-13-8-9-14-23(22)35-7-2/h8-14,17-18H,6-7,15-16H2,1-5H3,(H,28,32). The predicted octanol–water partition coefficient (Wildman–Crippen LogP) is 4.49. The van der Waals surface area contributed by atoms with Crippen LogP contribution in [0.4, 0.5) is 5.69 Å². The van der Waals surface area contributed by atoms with E-state index in [-0.39, 0.29) is 24.2 Å². The summed E-state index contributed by atoms with van der Waals surface area (Å²) in [6, 6.07) is 10.5. The zero-order valence-electron chi connectivity index (χ0n) is 21.1. The van der Waals surface area contributed by atoms with Gasteiger partial charge in [-0.05, 0) is 51.5 Å². The van der Waals surface area contributed by atoms with Crippen LogP contribution in [0.25, 0.3) is 0 Å². The van der Waals surface area contributed by atoms with Crippen LogP contribution in [0.15, 0.2) is 42.5 Å². The fourth-order valence-corrected chi connectivity index (χ4v) is 4.81. The lowest BCUT2D eigenvalue weighted by molar-refractivity contribution is -0.139. The summed E-state index contributed by atoms with van der Waals surface area (Å²) in [5, 5.41) is 3.53. The highest BCUT2D eigenvalue weighted by Crippen LogP contribution is 2.31. The molecule has 11 heteroatoms. The van der Waals surface area contributed by atoms with E-state index in [0.717, 1.165) is 10.6 Å². The third-order valence-electron chi connectivity index (χ3n) is 5.67. The first-order valence-corrected chi connectivity index (χ1v) is 14.2. The Hall–Kier alpha value is -2.49. The minimum atomic E-state index is -3.89. The van der Waals surface area contributed by atoms with Crippen molar-refractivity contribution in [2.45, 2.75) is 52.7 Å². The second-order valence-electron chi connectivity index (χ2n) is 8.39. The first-order chi connectivity index (χ1) is 16.9. The maximum absolute atomic E-state index is 13.7. The quantitative estimate of drug-likeness (QED) is 0.414. The van der Waals surface area contributed by atoms with Gasteiger partial charge >= 0.3 is 0 Å². The molecule has 0 aliphatic heterocycles. The zero-order valence-corrected chi connectivity index (χ0v) is 23.5. The Morgan fingerprint density at radius 2 is 1.64 bits per heavy atom. The van der Waals surface area contributed by atoms with Gasteiger partial charge in [-0.2, -0.15) is 0 Å². The number of benzene rings is 2. The lowest BCUT2D eigenvalue weighted by Crippen LogP contribution is -2.52. The summed E-state index contributed by atoms with van der Waals surface area (Å²) in [6.45, 7) is 6.83. The molecule has 2 rings (SSSR count). The van der Waals surface area contributed by atoms with Crippen LogP contribution < -0.4 is 14.4 Å². The molecule has 2 unspecified atom stereocenters. The lowest BCUT2D eigenvalue weighted by atomic mass is 10.1. The fourth-order valence-electron chi connectivity index (χ4n) is 3.44. The summed E-state index contributed by atoms with van der Waals surface area (Å²) < 4.78 is 32.1. The SMILES string of the molecule is CCOc1ccccc1N(CC(=O)N(Cc1c(Cl)cccc1Cl)C(C)C(=O)NC(C)CC)S(C)(=O)=O. The number of halogens is 2. The van der Waals surface area contributed by atoms with Crippen molar-refractivity contribution in [3.63, 3.8) is 0 Å². The minimum Gasteiger partial charge on any atom is -0.492 e. The third kappa shape index (κ3) is 7.75. The molecule has 2 atom stereocenters. The fraction of sp³-hybridized carbons (Fsp3) is 0.440. The highest BCUT2D eigenvalue weighted by Gasteiger charge is 2.32. The Bertz CT molecular complexity index is 1160. The van der Waals surface area contributed by atoms with Gasteiger partial charge in [0.25, 0.3) is 0 Å². The number of hydrogen-bond donors (Lipinski definition) is 1. The van der Waals surface area contributed by atoms with Crippen LogP contribution in [0.3, 0.4) is 0 Å². The van der Waals surface area contributed by atoms with Crippen molar-refractivity contribution >= 4 is 50.7 Å². The largest absolute Gasteiger partial charge is 0.492 e. The van der Waals surface area contributed by atoms with E-state index in [9.17, 15) is 18.0 Å². The summed E-state index contributed by atoms with van der Waals surface area (Å²) in [7, 11) is -3.89. The van der Waals surface area contributed by atoms with Crippen LogP contribution in [0.5, 0.6) is 5.75 Å². The number of nitrogens with zero attached hydrogens (tertiary/aromatic N) is 2. The summed E-state index contributed by atoms with van der Waals surface area (Å²) in [5.74, 6) is -0.655. The van der Waals surface area contributed by atoms with Gasteiger partial charge in [-0.25, -0.2) is 8.42 Å². The second-order valence-corrected chi connectivity index (χ2v) is 11.1. The molecule has 198 valence electrons. The van der Waals surface area contributed by atoms with E-state index in [1.54, 1.807) is 56.3 Å². The molecule has 0 aliphatic carbocycles. The Morgan fingerprint density at radius 3 is 2.19 bits per heavy atom. The van der Waals surface area contributed by atoms with Gasteiger partial charge in [-0.3, -0.25) is 13.9 Å². The van der Waals surface area contributed by atoms with E-state index >= 15 is 0 Å². The molecule has 0 fully saturated rings. The number of carbonyl (C=O) groups is 2. The monoisotopic (exact) mass is 557 g/mol. The Labute approximate surface area is 223 Å². The average molecular weight is 559 g/mol. The van der Waals surface area contributed by atoms with Crippen LogP contribution in [0, 0.1) is 0 Å². The Balaban J connectivity index is 2.49. The normalized spacial score (nSPS) is 13.0. The first-order valence-electron chi connectivity index (χ1n) is 11.6. The first kappa shape index (κ1) is 29.7. The molecule has 8 nitrogen and oxygen atoms in total. The van der Waals surface area contributed by atoms with Crippen LogP contribution in [0.1, 0.15) is 39.7 Å². The number of nitrogens with one attached hydrogen (secondary N) is 1. The molecule has 2 aromatic rings. The van der Waals surface area contributed by atoms with Crippen molar-refractivity contribution in [3.05, 3.63) is 58.1 Å². The summed E-state index contributed by atoms with van der Waals surface area (Å²) in [5.41, 5.74) is 0.681. The topological polar surface area (TPSA) is 96.0 Å². The molecular formula is C25H33Cl2N3O5S. The van der Waals surface area contributed by atoms with Crippen LogP contribution >= 0.6 is 23.2 Å². The van der Waals surface area contributed by atoms with E-state index < -0.39 is 28.5 Å². The van der Waals surface area contributed by atoms with Gasteiger partial charge in [0, 0.05) is 28.2 Å². The molecule has 1 N–H and O–H groups in total. The van der Waals surface area contributed by atoms with Gasteiger partial charge in [0.1, 0.15) is 18.3 Å². The molecule has 0 radical (unpaired) electrons. The van der Waals surface area contributed by atoms with Crippen molar-refractivity contribution in [1.82, 2.24) is 10.2 Å². The van der Waals surface area contributed by atoms with Gasteiger partial charge in [0.2, 0.25) is 21.8 Å². The maximum Gasteiger partial charge on any atom is 0.244 e. The molecular weight excluding hydrogens is 525 g/mol. The molecule has 0 bridgehead atoms. The van der Waals surface area contributed by atoms with Gasteiger partial charge in [0.05, 0.1) is 18.6 Å². The molecule has 2 aromatic carbocycles. The molecule has 0 aromatic heterocycles. The van der Waals surface area contributed by atoms with E-state index in [1.165, 1.54) is 4.90 Å². The number of sulfonamides is 1. The number of ether oxygens (including phenoxy) is 1. The van der Waals surface area contributed by atoms with Crippen molar-refractivity contribution in [2.75, 3.05) is 23.7 Å². The maximum atomic E-state index is 13.7. The molecule has 0 spiro atoms. The van der Waals surface area contributed by atoms with Crippen molar-refractivity contribution in [3.8, 4) is 5.75 Å². The van der Waals surface area contributed by atoms with Gasteiger partial charge in [-0.1, -0.05) is 48.3 Å². The van der Waals surface area contributed by atoms with E-state index in [2.05, 4.69) is 5.32 Å². The van der Waals surface area contributed by atoms with Gasteiger partial charge in [0.15, 0.2) is 0 Å². The third-order valence-corrected chi connectivity index (χ3v) is 7.51.